The lowest BCUT2D eigenvalue weighted by Crippen LogP contribution is -2.40. The monoisotopic (exact) mass is 344 g/mol. The van der Waals surface area contributed by atoms with Gasteiger partial charge in [0.25, 0.3) is 0 Å². The molecule has 0 aliphatic carbocycles. The lowest BCUT2D eigenvalue weighted by Gasteiger charge is -2.30. The molecule has 0 amide bonds. The average molecular weight is 344 g/mol. The van der Waals surface area contributed by atoms with Crippen molar-refractivity contribution in [2.24, 2.45) is 0 Å². The largest absolute Gasteiger partial charge is 0.450 e. The third-order valence-electron chi connectivity index (χ3n) is 4.23. The third-order valence-corrected chi connectivity index (χ3v) is 4.77. The summed E-state index contributed by atoms with van der Waals surface area (Å²) >= 11 is 1.47. The first kappa shape index (κ1) is 17.0. The third kappa shape index (κ3) is 3.64. The first-order valence-electron chi connectivity index (χ1n) is 8.50. The zero-order valence-electron chi connectivity index (χ0n) is 14.5. The van der Waals surface area contributed by atoms with E-state index in [1.807, 2.05) is 24.5 Å². The molecule has 0 saturated carbocycles. The van der Waals surface area contributed by atoms with Crippen LogP contribution in [0.2, 0.25) is 0 Å². The Morgan fingerprint density at radius 3 is 2.79 bits per heavy atom. The van der Waals surface area contributed by atoms with E-state index in [1.54, 1.807) is 0 Å². The minimum atomic E-state index is -0.499. The maximum Gasteiger partial charge on any atom is 0.247 e. The Bertz CT molecular complexity index is 709. The summed E-state index contributed by atoms with van der Waals surface area (Å²) in [6, 6.07) is 8.11. The van der Waals surface area contributed by atoms with Crippen LogP contribution in [0.1, 0.15) is 46.0 Å². The van der Waals surface area contributed by atoms with Gasteiger partial charge in [-0.1, -0.05) is 56.1 Å². The van der Waals surface area contributed by atoms with Crippen LogP contribution in [-0.2, 0) is 0 Å². The number of hydrogen-bond donors (Lipinski definition) is 1. The Morgan fingerprint density at radius 1 is 1.17 bits per heavy atom. The molecule has 24 heavy (non-hydrogen) atoms. The van der Waals surface area contributed by atoms with Gasteiger partial charge < -0.3 is 10.1 Å². The molecule has 0 bridgehead atoms. The summed E-state index contributed by atoms with van der Waals surface area (Å²) in [6.45, 7) is 4.31. The minimum Gasteiger partial charge on any atom is -0.450 e. The second kappa shape index (κ2) is 7.38. The van der Waals surface area contributed by atoms with Crippen LogP contribution in [0, 0.1) is 0 Å². The van der Waals surface area contributed by atoms with Gasteiger partial charge in [0.15, 0.2) is 11.4 Å². The number of para-hydroxylation sites is 1. The van der Waals surface area contributed by atoms with Crippen molar-refractivity contribution in [1.29, 1.82) is 0 Å². The van der Waals surface area contributed by atoms with E-state index in [4.69, 9.17) is 4.74 Å². The number of aromatic nitrogens is 3. The van der Waals surface area contributed by atoms with E-state index in [0.29, 0.717) is 16.7 Å². The molecule has 5 nitrogen and oxygen atoms in total. The summed E-state index contributed by atoms with van der Waals surface area (Å²) in [5.74, 6) is 0.560. The van der Waals surface area contributed by atoms with Gasteiger partial charge in [-0.25, -0.2) is 0 Å². The van der Waals surface area contributed by atoms with Crippen LogP contribution in [0.25, 0.3) is 11.3 Å². The Balaban J connectivity index is 1.96. The molecule has 2 heterocycles. The van der Waals surface area contributed by atoms with Gasteiger partial charge in [0.2, 0.25) is 11.0 Å². The van der Waals surface area contributed by atoms with Crippen molar-refractivity contribution in [3.63, 3.8) is 0 Å². The molecular weight excluding hydrogens is 320 g/mol. The highest BCUT2D eigenvalue weighted by Crippen LogP contribution is 2.39. The van der Waals surface area contributed by atoms with Gasteiger partial charge in [0, 0.05) is 17.7 Å². The second-order valence-corrected chi connectivity index (χ2v) is 7.04. The fourth-order valence-corrected chi connectivity index (χ4v) is 3.25. The average Bonchev–Trinajstić information content (AvgIpc) is 2.71. The normalized spacial score (nSPS) is 18.8. The molecule has 1 N–H and O–H groups in total. The van der Waals surface area contributed by atoms with E-state index in [0.717, 1.165) is 24.1 Å². The Hall–Kier alpha value is -1.82. The zero-order chi connectivity index (χ0) is 17.0. The molecule has 1 aromatic carbocycles. The molecule has 0 fully saturated rings. The minimum absolute atomic E-state index is 0.499. The summed E-state index contributed by atoms with van der Waals surface area (Å²) in [7, 11) is 0. The molecular formula is C18H24N4OS. The van der Waals surface area contributed by atoms with Gasteiger partial charge in [0.05, 0.1) is 0 Å². The topological polar surface area (TPSA) is 59.9 Å². The number of nitrogens with one attached hydrogen (secondary N) is 1. The number of benzene rings is 1. The molecule has 1 atom stereocenters. The zero-order valence-corrected chi connectivity index (χ0v) is 15.3. The summed E-state index contributed by atoms with van der Waals surface area (Å²) < 4.78 is 6.31. The molecule has 2 aromatic rings. The standard InChI is InChI=1S/C18H24N4OS/c1-4-5-6-9-12-18(2)20-14-11-8-7-10-13(14)15-16(23-18)19-17(24-3)22-21-15/h7-8,10-11,20H,4-6,9,12H2,1-3H3/t18-/m1/s1. The summed E-state index contributed by atoms with van der Waals surface area (Å²) in [6.07, 6.45) is 7.66. The predicted octanol–water partition coefficient (Wildman–Crippen LogP) is 4.75. The number of rotatable bonds is 6. The van der Waals surface area contributed by atoms with Gasteiger partial charge >= 0.3 is 0 Å². The number of ether oxygens (including phenoxy) is 1. The molecule has 128 valence electrons. The van der Waals surface area contributed by atoms with Crippen LogP contribution in [0.5, 0.6) is 5.88 Å². The number of unbranched alkanes of at least 4 members (excludes halogenated alkanes) is 3. The van der Waals surface area contributed by atoms with Crippen LogP contribution in [0.4, 0.5) is 5.69 Å². The van der Waals surface area contributed by atoms with E-state index in [9.17, 15) is 0 Å². The fourth-order valence-electron chi connectivity index (χ4n) is 2.95. The molecule has 1 aliphatic heterocycles. The van der Waals surface area contributed by atoms with Crippen molar-refractivity contribution in [2.75, 3.05) is 11.6 Å². The Morgan fingerprint density at radius 2 is 2.00 bits per heavy atom. The van der Waals surface area contributed by atoms with Crippen molar-refractivity contribution >= 4 is 17.4 Å². The number of thioether (sulfide) groups is 1. The van der Waals surface area contributed by atoms with Crippen molar-refractivity contribution in [3.05, 3.63) is 24.3 Å². The highest BCUT2D eigenvalue weighted by molar-refractivity contribution is 7.98. The maximum absolute atomic E-state index is 6.31. The van der Waals surface area contributed by atoms with Crippen molar-refractivity contribution in [2.45, 2.75) is 56.8 Å². The summed E-state index contributed by atoms with van der Waals surface area (Å²) in [5.41, 5.74) is 2.20. The molecule has 0 spiro atoms. The summed E-state index contributed by atoms with van der Waals surface area (Å²) in [5, 5.41) is 12.7. The van der Waals surface area contributed by atoms with Crippen LogP contribution in [-0.4, -0.2) is 27.2 Å². The van der Waals surface area contributed by atoms with Crippen molar-refractivity contribution in [1.82, 2.24) is 15.2 Å². The second-order valence-electron chi connectivity index (χ2n) is 6.27. The van der Waals surface area contributed by atoms with E-state index in [-0.39, 0.29) is 0 Å². The molecule has 1 aromatic heterocycles. The lowest BCUT2D eigenvalue weighted by molar-refractivity contribution is 0.100. The van der Waals surface area contributed by atoms with Crippen molar-refractivity contribution in [3.8, 4) is 17.1 Å². The number of hydrogen-bond acceptors (Lipinski definition) is 6. The Kier molecular flexibility index (Phi) is 5.23. The number of anilines is 1. The highest BCUT2D eigenvalue weighted by atomic mass is 32.2. The highest BCUT2D eigenvalue weighted by Gasteiger charge is 2.33. The fraction of sp³-hybridized carbons (Fsp3) is 0.500. The maximum atomic E-state index is 6.31. The first-order valence-corrected chi connectivity index (χ1v) is 9.73. The quantitative estimate of drug-likeness (QED) is 0.603. The van der Waals surface area contributed by atoms with Crippen LogP contribution >= 0.6 is 11.8 Å². The number of nitrogens with zero attached hydrogens (tertiary/aromatic N) is 3. The molecule has 1 aliphatic rings. The molecule has 6 heteroatoms. The van der Waals surface area contributed by atoms with Gasteiger partial charge in [-0.05, 0) is 25.7 Å². The summed E-state index contributed by atoms with van der Waals surface area (Å²) in [4.78, 5) is 4.56. The Labute approximate surface area is 147 Å². The first-order chi connectivity index (χ1) is 11.6. The molecule has 3 rings (SSSR count). The van der Waals surface area contributed by atoms with Gasteiger partial charge in [-0.3, -0.25) is 0 Å². The van der Waals surface area contributed by atoms with E-state index >= 15 is 0 Å². The van der Waals surface area contributed by atoms with E-state index in [1.165, 1.54) is 31.0 Å². The van der Waals surface area contributed by atoms with Gasteiger partial charge in [0.1, 0.15) is 0 Å². The molecule has 0 radical (unpaired) electrons. The number of fused-ring (bicyclic) bond motifs is 3. The van der Waals surface area contributed by atoms with Crippen LogP contribution in [0.3, 0.4) is 0 Å². The van der Waals surface area contributed by atoms with Crippen LogP contribution in [0.15, 0.2) is 29.4 Å². The van der Waals surface area contributed by atoms with Gasteiger partial charge in [-0.2, -0.15) is 4.98 Å². The van der Waals surface area contributed by atoms with Crippen LogP contribution < -0.4 is 10.1 Å². The molecule has 0 unspecified atom stereocenters. The van der Waals surface area contributed by atoms with E-state index in [2.05, 4.69) is 40.4 Å². The lowest BCUT2D eigenvalue weighted by atomic mass is 10.0. The van der Waals surface area contributed by atoms with E-state index < -0.39 is 5.72 Å². The van der Waals surface area contributed by atoms with Crippen molar-refractivity contribution < 1.29 is 4.74 Å². The van der Waals surface area contributed by atoms with Gasteiger partial charge in [-0.15, -0.1) is 10.2 Å². The smallest absolute Gasteiger partial charge is 0.247 e. The SMILES string of the molecule is CCCCCC[C@]1(C)Nc2ccccc2-c2nnc(SC)nc2O1. The molecule has 0 saturated heterocycles. The predicted molar refractivity (Wildman–Crippen MR) is 98.5 cm³/mol.